The molecule has 0 saturated carbocycles. The van der Waals surface area contributed by atoms with E-state index in [1.807, 2.05) is 13.0 Å². The molecular weight excluding hydrogens is 332 g/mol. The summed E-state index contributed by atoms with van der Waals surface area (Å²) in [7, 11) is -3.16. The van der Waals surface area contributed by atoms with Crippen LogP contribution in [0.25, 0.3) is 16.7 Å². The van der Waals surface area contributed by atoms with E-state index in [4.69, 9.17) is 0 Å². The lowest BCUT2D eigenvalue weighted by Gasteiger charge is -2.05. The molecule has 3 aromatic rings. The van der Waals surface area contributed by atoms with Gasteiger partial charge in [-0.05, 0) is 31.2 Å². The average Bonchev–Trinajstić information content (AvgIpc) is 2.86. The number of thiol groups is 1. The van der Waals surface area contributed by atoms with Crippen LogP contribution in [-0.2, 0) is 15.3 Å². The molecule has 8 nitrogen and oxygen atoms in total. The molecule has 1 aliphatic heterocycles. The third-order valence-electron chi connectivity index (χ3n) is 3.70. The van der Waals surface area contributed by atoms with Gasteiger partial charge >= 0.3 is 11.0 Å². The Hall–Kier alpha value is -3.07. The molecule has 0 spiro atoms. The largest absolute Gasteiger partial charge is 0.318 e. The van der Waals surface area contributed by atoms with Gasteiger partial charge in [0.15, 0.2) is 17.2 Å². The van der Waals surface area contributed by atoms with Crippen LogP contribution in [0.15, 0.2) is 46.5 Å². The molecule has 0 unspecified atom stereocenters. The van der Waals surface area contributed by atoms with Crippen LogP contribution in [0, 0.1) is 6.92 Å². The summed E-state index contributed by atoms with van der Waals surface area (Å²) in [6, 6.07) is 8.70. The summed E-state index contributed by atoms with van der Waals surface area (Å²) in [4.78, 5) is 21.3. The third kappa shape index (κ3) is 2.09. The number of hydrogen-bond donors (Lipinski definition) is 1. The lowest BCUT2D eigenvalue weighted by molar-refractivity contribution is 0.356. The molecule has 0 saturated heterocycles. The number of aromatic nitrogens is 3. The van der Waals surface area contributed by atoms with Crippen LogP contribution in [0.3, 0.4) is 0 Å². The lowest BCUT2D eigenvalue weighted by atomic mass is 10.1. The Morgan fingerprint density at radius 2 is 2.08 bits per heavy atom. The van der Waals surface area contributed by atoms with Crippen molar-refractivity contribution in [3.63, 3.8) is 0 Å². The van der Waals surface area contributed by atoms with E-state index in [-0.39, 0.29) is 22.7 Å². The average molecular weight is 342 g/mol. The molecule has 0 amide bonds. The molecule has 0 atom stereocenters. The predicted molar refractivity (Wildman–Crippen MR) is 86.9 cm³/mol. The second kappa shape index (κ2) is 5.24. The van der Waals surface area contributed by atoms with Crippen molar-refractivity contribution in [2.45, 2.75) is 6.92 Å². The number of hydrogen-bond acceptors (Lipinski definition) is 7. The molecule has 0 bridgehead atoms. The second-order valence-corrected chi connectivity index (χ2v) is 5.83. The number of pyridine rings is 1. The van der Waals surface area contributed by atoms with E-state index in [1.54, 1.807) is 24.3 Å². The molecule has 0 fully saturated rings. The second-order valence-electron chi connectivity index (χ2n) is 5.22. The summed E-state index contributed by atoms with van der Waals surface area (Å²) in [6.45, 7) is 1.88. The van der Waals surface area contributed by atoms with Gasteiger partial charge in [0.1, 0.15) is 0 Å². The van der Waals surface area contributed by atoms with E-state index in [1.165, 1.54) is 10.8 Å². The third-order valence-corrected chi connectivity index (χ3v) is 3.92. The Morgan fingerprint density at radius 1 is 1.25 bits per heavy atom. The van der Waals surface area contributed by atoms with Crippen molar-refractivity contribution in [1.29, 1.82) is 0 Å². The molecule has 24 heavy (non-hydrogen) atoms. The summed E-state index contributed by atoms with van der Waals surface area (Å²) < 4.78 is 27.3. The number of fused-ring (bicyclic) bond motifs is 4. The van der Waals surface area contributed by atoms with Crippen LogP contribution < -0.4 is 5.56 Å². The molecule has 2 aromatic heterocycles. The van der Waals surface area contributed by atoms with Crippen molar-refractivity contribution in [3.05, 3.63) is 63.8 Å². The zero-order valence-electron chi connectivity index (χ0n) is 12.3. The van der Waals surface area contributed by atoms with Crippen LogP contribution in [0.5, 0.6) is 0 Å². The molecule has 0 aliphatic carbocycles. The van der Waals surface area contributed by atoms with E-state index in [0.29, 0.717) is 16.6 Å². The maximum atomic E-state index is 12.8. The Bertz CT molecular complexity index is 1160. The van der Waals surface area contributed by atoms with Crippen molar-refractivity contribution in [2.24, 2.45) is 5.16 Å². The van der Waals surface area contributed by atoms with Crippen molar-refractivity contribution in [1.82, 2.24) is 14.5 Å². The molecule has 0 radical (unpaired) electrons. The van der Waals surface area contributed by atoms with E-state index in [0.717, 1.165) is 5.56 Å². The lowest BCUT2D eigenvalue weighted by Crippen LogP contribution is -2.22. The molecule has 9 heteroatoms. The molecule has 4 rings (SSSR count). The summed E-state index contributed by atoms with van der Waals surface area (Å²) in [5, 5.41) is 4.03. The summed E-state index contributed by atoms with van der Waals surface area (Å²) in [5.74, 6) is 0.198. The SMILES string of the molecule is Cc1ccc2c(c1)C(=NO[SH](=O)=O)c1nc3ncccc3c(=O)n1-2. The van der Waals surface area contributed by atoms with Gasteiger partial charge in [0.2, 0.25) is 0 Å². The summed E-state index contributed by atoms with van der Waals surface area (Å²) in [5.41, 5.74) is 2.21. The Labute approximate surface area is 137 Å². The number of oxime groups is 1. The van der Waals surface area contributed by atoms with Gasteiger partial charge in [-0.1, -0.05) is 16.8 Å². The van der Waals surface area contributed by atoms with Crippen LogP contribution >= 0.6 is 0 Å². The van der Waals surface area contributed by atoms with Crippen molar-refractivity contribution in [2.75, 3.05) is 0 Å². The number of benzene rings is 1. The number of nitrogens with zero attached hydrogens (tertiary/aromatic N) is 4. The molecule has 1 aromatic carbocycles. The highest BCUT2D eigenvalue weighted by molar-refractivity contribution is 7.67. The monoisotopic (exact) mass is 342 g/mol. The number of rotatable bonds is 2. The van der Waals surface area contributed by atoms with Gasteiger partial charge in [-0.25, -0.2) is 9.97 Å². The van der Waals surface area contributed by atoms with Gasteiger partial charge in [0.05, 0.1) is 11.1 Å². The predicted octanol–water partition coefficient (Wildman–Crippen LogP) is 0.698. The smallest absolute Gasteiger partial charge is 0.270 e. The van der Waals surface area contributed by atoms with Gasteiger partial charge in [-0.3, -0.25) is 13.6 Å². The van der Waals surface area contributed by atoms with Gasteiger partial charge in [0, 0.05) is 11.8 Å². The quantitative estimate of drug-likeness (QED) is 0.425. The van der Waals surface area contributed by atoms with Gasteiger partial charge in [0.25, 0.3) is 5.56 Å². The van der Waals surface area contributed by atoms with Crippen LogP contribution in [0.2, 0.25) is 0 Å². The zero-order chi connectivity index (χ0) is 16.8. The Morgan fingerprint density at radius 3 is 2.88 bits per heavy atom. The fourth-order valence-corrected chi connectivity index (χ4v) is 2.87. The molecule has 3 heterocycles. The van der Waals surface area contributed by atoms with Gasteiger partial charge < -0.3 is 0 Å². The molecular formula is C15H10N4O4S. The highest BCUT2D eigenvalue weighted by Crippen LogP contribution is 2.27. The van der Waals surface area contributed by atoms with Crippen molar-refractivity contribution in [3.8, 4) is 5.69 Å². The molecule has 0 N–H and O–H groups in total. The minimum atomic E-state index is -3.16. The molecule has 120 valence electrons. The van der Waals surface area contributed by atoms with E-state index in [9.17, 15) is 13.2 Å². The van der Waals surface area contributed by atoms with Crippen LogP contribution in [0.4, 0.5) is 0 Å². The Balaban J connectivity index is 2.12. The first kappa shape index (κ1) is 14.5. The van der Waals surface area contributed by atoms with E-state index in [2.05, 4.69) is 19.4 Å². The van der Waals surface area contributed by atoms with Crippen LogP contribution in [-0.4, -0.2) is 28.7 Å². The maximum absolute atomic E-state index is 12.8. The number of aryl methyl sites for hydroxylation is 1. The van der Waals surface area contributed by atoms with E-state index >= 15 is 0 Å². The maximum Gasteiger partial charge on any atom is 0.318 e. The first-order valence-corrected chi connectivity index (χ1v) is 8.05. The summed E-state index contributed by atoms with van der Waals surface area (Å²) in [6.07, 6.45) is 1.53. The fraction of sp³-hybridized carbons (Fsp3) is 0.0667. The van der Waals surface area contributed by atoms with Gasteiger partial charge in [-0.2, -0.15) is 8.42 Å². The minimum Gasteiger partial charge on any atom is -0.270 e. The highest BCUT2D eigenvalue weighted by Gasteiger charge is 2.29. The van der Waals surface area contributed by atoms with Crippen molar-refractivity contribution < 1.29 is 12.7 Å². The first-order valence-electron chi connectivity index (χ1n) is 6.95. The standard InChI is InChI=1S/C15H10N4O4S/c1-8-4-5-11-10(7-8)12(18-23-24(21)22)14-17-13-9(3-2-6-16-13)15(20)19(11)14/h2-7,24H,1H3. The molecule has 1 aliphatic rings. The van der Waals surface area contributed by atoms with Gasteiger partial charge in [-0.15, -0.1) is 0 Å². The summed E-state index contributed by atoms with van der Waals surface area (Å²) >= 11 is 0. The normalized spacial score (nSPS) is 14.2. The minimum absolute atomic E-state index is 0.178. The highest BCUT2D eigenvalue weighted by atomic mass is 32.2. The zero-order valence-corrected chi connectivity index (χ0v) is 13.2. The van der Waals surface area contributed by atoms with E-state index < -0.39 is 11.0 Å². The first-order chi connectivity index (χ1) is 11.6. The Kier molecular flexibility index (Phi) is 3.17. The van der Waals surface area contributed by atoms with Crippen molar-refractivity contribution >= 4 is 27.7 Å². The topological polar surface area (TPSA) is 104 Å². The van der Waals surface area contributed by atoms with Crippen LogP contribution in [0.1, 0.15) is 17.0 Å². The fourth-order valence-electron chi connectivity index (χ4n) is 2.72.